The van der Waals surface area contributed by atoms with Crippen LogP contribution in [0.2, 0.25) is 0 Å². The number of carbonyl (C=O) groups excluding carboxylic acids is 1. The van der Waals surface area contributed by atoms with Crippen molar-refractivity contribution >= 4 is 34.1 Å². The van der Waals surface area contributed by atoms with Crippen molar-refractivity contribution in [3.8, 4) is 0 Å². The molecule has 0 spiro atoms. The molecule has 0 aromatic carbocycles. The Morgan fingerprint density at radius 1 is 1.79 bits per heavy atom. The molecule has 74 valence electrons. The second kappa shape index (κ2) is 3.62. The molecule has 2 rings (SSSR count). The summed E-state index contributed by atoms with van der Waals surface area (Å²) in [4.78, 5) is 14.7. The molecule has 1 unspecified atom stereocenters. The van der Waals surface area contributed by atoms with Crippen LogP contribution in [0, 0.1) is 0 Å². The fraction of sp³-hybridized carbons (Fsp3) is 0.250. The number of nitrogens with zero attached hydrogens (tertiary/aromatic N) is 1. The van der Waals surface area contributed by atoms with E-state index in [1.54, 1.807) is 12.3 Å². The number of aliphatic hydroxyl groups is 1. The third-order valence-electron chi connectivity index (χ3n) is 1.52. The second-order valence-corrected chi connectivity index (χ2v) is 5.27. The van der Waals surface area contributed by atoms with E-state index >= 15 is 0 Å². The molecule has 4 nitrogen and oxygen atoms in total. The highest BCUT2D eigenvalue weighted by Crippen LogP contribution is 2.39. The van der Waals surface area contributed by atoms with Crippen molar-refractivity contribution in [2.45, 2.75) is 16.4 Å². The first-order valence-corrected chi connectivity index (χ1v) is 5.65. The molecular formula is C8H8N2O2S2. The van der Waals surface area contributed by atoms with E-state index in [-0.39, 0.29) is 11.2 Å². The number of carbonyl (C=O) groups is 1. The van der Waals surface area contributed by atoms with Crippen LogP contribution in [0.3, 0.4) is 0 Å². The number of amides is 1. The van der Waals surface area contributed by atoms with Crippen LogP contribution in [-0.2, 0) is 4.79 Å². The lowest BCUT2D eigenvalue weighted by Gasteiger charge is -1.93. The smallest absolute Gasteiger partial charge is 0.223 e. The zero-order valence-electron chi connectivity index (χ0n) is 7.35. The molecule has 2 N–H and O–H groups in total. The summed E-state index contributed by atoms with van der Waals surface area (Å²) in [5, 5.41) is 12.3. The summed E-state index contributed by atoms with van der Waals surface area (Å²) in [5.41, 5.74) is 0. The Labute approximate surface area is 89.0 Å². The van der Waals surface area contributed by atoms with Gasteiger partial charge in [-0.3, -0.25) is 4.79 Å². The Bertz CT molecular complexity index is 400. The van der Waals surface area contributed by atoms with Crippen molar-refractivity contribution in [1.29, 1.82) is 0 Å². The normalized spacial score (nSPS) is 18.9. The fourth-order valence-electron chi connectivity index (χ4n) is 0.849. The first-order valence-electron chi connectivity index (χ1n) is 3.96. The standard InChI is InChI=1S/C8H8N2O2S2/c1-4(11)10-8-9-3-7(14-8)13-6-2-5(6)12/h2-3,6,12H,1H3,(H,9,10,11). The van der Waals surface area contributed by atoms with Gasteiger partial charge in [0.15, 0.2) is 5.13 Å². The quantitative estimate of drug-likeness (QED) is 0.830. The summed E-state index contributed by atoms with van der Waals surface area (Å²) >= 11 is 2.93. The van der Waals surface area contributed by atoms with Crippen molar-refractivity contribution in [3.63, 3.8) is 0 Å². The summed E-state index contributed by atoms with van der Waals surface area (Å²) in [6.07, 6.45) is 3.46. The van der Waals surface area contributed by atoms with Gasteiger partial charge in [0, 0.05) is 6.92 Å². The highest BCUT2D eigenvalue weighted by atomic mass is 32.2. The predicted octanol–water partition coefficient (Wildman–Crippen LogP) is 2.02. The zero-order valence-corrected chi connectivity index (χ0v) is 8.98. The van der Waals surface area contributed by atoms with Gasteiger partial charge in [-0.05, 0) is 6.08 Å². The van der Waals surface area contributed by atoms with Gasteiger partial charge in [0.2, 0.25) is 5.91 Å². The third kappa shape index (κ3) is 2.27. The van der Waals surface area contributed by atoms with Gasteiger partial charge in [-0.25, -0.2) is 4.98 Å². The van der Waals surface area contributed by atoms with E-state index in [0.29, 0.717) is 10.9 Å². The molecule has 14 heavy (non-hydrogen) atoms. The Morgan fingerprint density at radius 2 is 2.50 bits per heavy atom. The number of thiazole rings is 1. The number of hydrogen-bond acceptors (Lipinski definition) is 5. The van der Waals surface area contributed by atoms with Gasteiger partial charge in [-0.1, -0.05) is 23.1 Å². The van der Waals surface area contributed by atoms with Crippen molar-refractivity contribution in [2.24, 2.45) is 0 Å². The van der Waals surface area contributed by atoms with Crippen LogP contribution >= 0.6 is 23.1 Å². The monoisotopic (exact) mass is 228 g/mol. The van der Waals surface area contributed by atoms with Crippen molar-refractivity contribution in [1.82, 2.24) is 4.98 Å². The van der Waals surface area contributed by atoms with E-state index in [2.05, 4.69) is 10.3 Å². The predicted molar refractivity (Wildman–Crippen MR) is 56.8 cm³/mol. The van der Waals surface area contributed by atoms with Gasteiger partial charge < -0.3 is 10.4 Å². The van der Waals surface area contributed by atoms with Crippen LogP contribution in [0.5, 0.6) is 0 Å². The molecule has 0 aliphatic heterocycles. The SMILES string of the molecule is CC(=O)Nc1ncc(SC2C=C2O)s1. The van der Waals surface area contributed by atoms with Crippen molar-refractivity contribution in [2.75, 3.05) is 5.32 Å². The first-order chi connectivity index (χ1) is 6.65. The molecule has 1 aliphatic carbocycles. The van der Waals surface area contributed by atoms with E-state index in [4.69, 9.17) is 5.11 Å². The Kier molecular flexibility index (Phi) is 2.47. The van der Waals surface area contributed by atoms with Crippen molar-refractivity contribution in [3.05, 3.63) is 18.0 Å². The average molecular weight is 228 g/mol. The molecule has 6 heteroatoms. The number of rotatable bonds is 3. The summed E-state index contributed by atoms with van der Waals surface area (Å²) in [7, 11) is 0. The number of thioether (sulfide) groups is 1. The van der Waals surface area contributed by atoms with Gasteiger partial charge in [0.25, 0.3) is 0 Å². The summed E-state index contributed by atoms with van der Waals surface area (Å²) in [6, 6.07) is 0. The van der Waals surface area contributed by atoms with Crippen LogP contribution in [-0.4, -0.2) is 21.2 Å². The molecule has 1 aromatic rings. The number of nitrogens with one attached hydrogen (secondary N) is 1. The van der Waals surface area contributed by atoms with Gasteiger partial charge in [0.05, 0.1) is 15.7 Å². The van der Waals surface area contributed by atoms with Crippen LogP contribution in [0.15, 0.2) is 22.2 Å². The second-order valence-electron chi connectivity index (χ2n) is 2.80. The molecule has 0 radical (unpaired) electrons. The van der Waals surface area contributed by atoms with E-state index in [1.807, 2.05) is 0 Å². The minimum atomic E-state index is -0.122. The largest absolute Gasteiger partial charge is 0.511 e. The van der Waals surface area contributed by atoms with E-state index in [1.165, 1.54) is 30.0 Å². The maximum Gasteiger partial charge on any atom is 0.223 e. The zero-order chi connectivity index (χ0) is 10.1. The summed E-state index contributed by atoms with van der Waals surface area (Å²) in [5.74, 6) is 0.299. The topological polar surface area (TPSA) is 62.2 Å². The Hall–Kier alpha value is -1.01. The molecule has 1 amide bonds. The number of aromatic nitrogens is 1. The van der Waals surface area contributed by atoms with Gasteiger partial charge in [-0.2, -0.15) is 0 Å². The number of anilines is 1. The number of hydrogen-bond donors (Lipinski definition) is 2. The minimum Gasteiger partial charge on any atom is -0.511 e. The van der Waals surface area contributed by atoms with Crippen LogP contribution in [0.1, 0.15) is 6.92 Å². The molecule has 1 aliphatic rings. The van der Waals surface area contributed by atoms with E-state index in [9.17, 15) is 4.79 Å². The lowest BCUT2D eigenvalue weighted by molar-refractivity contribution is -0.114. The third-order valence-corrected chi connectivity index (χ3v) is 3.73. The molecule has 0 saturated carbocycles. The maximum atomic E-state index is 10.7. The average Bonchev–Trinajstić information content (AvgIpc) is 2.60. The first kappa shape index (κ1) is 9.54. The fourth-order valence-corrected chi connectivity index (χ4v) is 2.88. The Balaban J connectivity index is 1.93. The van der Waals surface area contributed by atoms with Gasteiger partial charge in [-0.15, -0.1) is 0 Å². The van der Waals surface area contributed by atoms with Crippen LogP contribution in [0.25, 0.3) is 0 Å². The highest BCUT2D eigenvalue weighted by Gasteiger charge is 2.25. The van der Waals surface area contributed by atoms with Crippen molar-refractivity contribution < 1.29 is 9.90 Å². The molecule has 1 atom stereocenters. The molecule has 0 bridgehead atoms. The lowest BCUT2D eigenvalue weighted by atomic mass is 10.7. The molecule has 1 heterocycles. The summed E-state index contributed by atoms with van der Waals surface area (Å²) < 4.78 is 0.985. The van der Waals surface area contributed by atoms with Crippen LogP contribution < -0.4 is 5.32 Å². The summed E-state index contributed by atoms with van der Waals surface area (Å²) in [6.45, 7) is 1.45. The molecular weight excluding hydrogens is 220 g/mol. The molecule has 0 saturated heterocycles. The molecule has 1 aromatic heterocycles. The lowest BCUT2D eigenvalue weighted by Crippen LogP contribution is -2.04. The highest BCUT2D eigenvalue weighted by molar-refractivity contribution is 8.02. The van der Waals surface area contributed by atoms with Crippen LogP contribution in [0.4, 0.5) is 5.13 Å². The molecule has 0 fully saturated rings. The van der Waals surface area contributed by atoms with Gasteiger partial charge >= 0.3 is 0 Å². The Morgan fingerprint density at radius 3 is 3.07 bits per heavy atom. The van der Waals surface area contributed by atoms with E-state index in [0.717, 1.165) is 4.21 Å². The number of aliphatic hydroxyl groups excluding tert-OH is 1. The van der Waals surface area contributed by atoms with E-state index < -0.39 is 0 Å². The van der Waals surface area contributed by atoms with Gasteiger partial charge in [0.1, 0.15) is 5.76 Å². The maximum absolute atomic E-state index is 10.7. The minimum absolute atomic E-state index is 0.112.